The van der Waals surface area contributed by atoms with Crippen LogP contribution in [0.4, 0.5) is 5.82 Å². The van der Waals surface area contributed by atoms with Crippen molar-refractivity contribution in [1.82, 2.24) is 15.0 Å². The van der Waals surface area contributed by atoms with Gasteiger partial charge in [0.2, 0.25) is 0 Å². The first-order valence-electron chi connectivity index (χ1n) is 7.84. The predicted octanol–water partition coefficient (Wildman–Crippen LogP) is 2.65. The fourth-order valence-corrected chi connectivity index (χ4v) is 3.20. The van der Waals surface area contributed by atoms with Crippen LogP contribution in [0.2, 0.25) is 0 Å². The molecule has 116 valence electrons. The van der Waals surface area contributed by atoms with Gasteiger partial charge in [0.05, 0.1) is 11.6 Å². The number of hydrogen-bond acceptors (Lipinski definition) is 5. The lowest BCUT2D eigenvalue weighted by molar-refractivity contribution is 0.195. The van der Waals surface area contributed by atoms with Gasteiger partial charge >= 0.3 is 0 Å². The second kappa shape index (κ2) is 5.59. The number of benzene rings is 1. The molecule has 0 saturated carbocycles. The Morgan fingerprint density at radius 1 is 1.13 bits per heavy atom. The van der Waals surface area contributed by atoms with E-state index in [4.69, 9.17) is 4.98 Å². The number of para-hydroxylation sites is 1. The van der Waals surface area contributed by atoms with Gasteiger partial charge in [0.15, 0.2) is 5.82 Å². The Hall–Kier alpha value is -2.53. The van der Waals surface area contributed by atoms with Crippen molar-refractivity contribution in [3.8, 4) is 11.4 Å². The van der Waals surface area contributed by atoms with Crippen LogP contribution in [0, 0.1) is 0 Å². The third kappa shape index (κ3) is 2.53. The molecule has 4 rings (SSSR count). The van der Waals surface area contributed by atoms with Crippen molar-refractivity contribution in [3.63, 3.8) is 0 Å². The fourth-order valence-electron chi connectivity index (χ4n) is 3.20. The molecule has 1 N–H and O–H groups in total. The summed E-state index contributed by atoms with van der Waals surface area (Å²) in [5, 5.41) is 11.0. The van der Waals surface area contributed by atoms with E-state index >= 15 is 0 Å². The topological polar surface area (TPSA) is 62.1 Å². The van der Waals surface area contributed by atoms with Crippen LogP contribution in [-0.4, -0.2) is 38.7 Å². The molecule has 5 heteroatoms. The lowest BCUT2D eigenvalue weighted by atomic mass is 10.2. The minimum atomic E-state index is -0.305. The number of aromatic nitrogens is 3. The summed E-state index contributed by atoms with van der Waals surface area (Å²) in [6, 6.07) is 12.1. The molecule has 3 aromatic rings. The average molecular weight is 306 g/mol. The first-order valence-corrected chi connectivity index (χ1v) is 7.84. The van der Waals surface area contributed by atoms with E-state index in [1.54, 1.807) is 12.4 Å². The van der Waals surface area contributed by atoms with E-state index in [1.165, 1.54) is 0 Å². The second-order valence-corrected chi connectivity index (χ2v) is 6.02. The summed E-state index contributed by atoms with van der Waals surface area (Å²) in [6.07, 6.45) is 3.97. The minimum Gasteiger partial charge on any atom is -0.391 e. The summed E-state index contributed by atoms with van der Waals surface area (Å²) in [5.74, 6) is 1.55. The molecule has 5 nitrogen and oxygen atoms in total. The summed E-state index contributed by atoms with van der Waals surface area (Å²) >= 11 is 0. The number of anilines is 1. The Balaban J connectivity index is 1.91. The molecule has 1 aliphatic heterocycles. The van der Waals surface area contributed by atoms with Crippen molar-refractivity contribution in [3.05, 3.63) is 48.8 Å². The number of β-amino-alcohol motifs (C(OH)–C–C–N with tert-alkyl or cyclic N) is 1. The van der Waals surface area contributed by atoms with Crippen LogP contribution in [0.5, 0.6) is 0 Å². The van der Waals surface area contributed by atoms with Crippen molar-refractivity contribution < 1.29 is 5.11 Å². The largest absolute Gasteiger partial charge is 0.391 e. The van der Waals surface area contributed by atoms with Gasteiger partial charge in [0, 0.05) is 35.9 Å². The van der Waals surface area contributed by atoms with Crippen LogP contribution < -0.4 is 4.90 Å². The molecule has 1 saturated heterocycles. The molecular formula is C18H18N4O. The molecule has 0 amide bonds. The quantitative estimate of drug-likeness (QED) is 0.788. The van der Waals surface area contributed by atoms with Crippen molar-refractivity contribution in [2.24, 2.45) is 0 Å². The van der Waals surface area contributed by atoms with E-state index < -0.39 is 0 Å². The molecule has 2 unspecified atom stereocenters. The normalized spacial score (nSPS) is 21.0. The van der Waals surface area contributed by atoms with E-state index in [9.17, 15) is 5.11 Å². The van der Waals surface area contributed by atoms with Gasteiger partial charge in [-0.05, 0) is 37.6 Å². The zero-order valence-corrected chi connectivity index (χ0v) is 12.9. The Labute approximate surface area is 134 Å². The van der Waals surface area contributed by atoms with Crippen LogP contribution in [0.3, 0.4) is 0 Å². The van der Waals surface area contributed by atoms with Crippen molar-refractivity contribution in [2.45, 2.75) is 25.5 Å². The number of pyridine rings is 1. The number of aliphatic hydroxyl groups is 1. The summed E-state index contributed by atoms with van der Waals surface area (Å²) in [4.78, 5) is 15.8. The Morgan fingerprint density at radius 2 is 2.00 bits per heavy atom. The van der Waals surface area contributed by atoms with Crippen molar-refractivity contribution in [2.75, 3.05) is 11.4 Å². The molecule has 0 radical (unpaired) electrons. The molecule has 1 aliphatic rings. The summed E-state index contributed by atoms with van der Waals surface area (Å²) < 4.78 is 0. The third-order valence-electron chi connectivity index (χ3n) is 4.33. The highest BCUT2D eigenvalue weighted by Crippen LogP contribution is 2.31. The monoisotopic (exact) mass is 306 g/mol. The molecule has 1 fully saturated rings. The molecule has 1 aromatic carbocycles. The molecular weight excluding hydrogens is 288 g/mol. The predicted molar refractivity (Wildman–Crippen MR) is 90.2 cm³/mol. The molecule has 3 heterocycles. The Bertz CT molecular complexity index is 837. The molecule has 0 bridgehead atoms. The maximum Gasteiger partial charge on any atom is 0.163 e. The number of hydrogen-bond donors (Lipinski definition) is 1. The lowest BCUT2D eigenvalue weighted by Gasteiger charge is -2.24. The van der Waals surface area contributed by atoms with Gasteiger partial charge in [-0.1, -0.05) is 12.1 Å². The summed E-state index contributed by atoms with van der Waals surface area (Å²) in [5.41, 5.74) is 1.80. The van der Waals surface area contributed by atoms with Gasteiger partial charge in [-0.25, -0.2) is 9.97 Å². The van der Waals surface area contributed by atoms with Gasteiger partial charge < -0.3 is 10.0 Å². The van der Waals surface area contributed by atoms with Gasteiger partial charge in [-0.3, -0.25) is 4.98 Å². The first-order chi connectivity index (χ1) is 11.2. The smallest absolute Gasteiger partial charge is 0.163 e. The fraction of sp³-hybridized carbons (Fsp3) is 0.278. The average Bonchev–Trinajstić information content (AvgIpc) is 2.93. The van der Waals surface area contributed by atoms with E-state index in [0.29, 0.717) is 12.4 Å². The number of nitrogens with zero attached hydrogens (tertiary/aromatic N) is 4. The van der Waals surface area contributed by atoms with E-state index in [0.717, 1.165) is 28.7 Å². The van der Waals surface area contributed by atoms with E-state index in [2.05, 4.69) is 21.8 Å². The van der Waals surface area contributed by atoms with Crippen LogP contribution in [0.15, 0.2) is 48.8 Å². The highest BCUT2D eigenvalue weighted by molar-refractivity contribution is 5.91. The van der Waals surface area contributed by atoms with Gasteiger partial charge in [-0.2, -0.15) is 0 Å². The number of fused-ring (bicyclic) bond motifs is 1. The summed E-state index contributed by atoms with van der Waals surface area (Å²) in [6.45, 7) is 2.73. The maximum absolute atomic E-state index is 9.99. The zero-order chi connectivity index (χ0) is 15.8. The van der Waals surface area contributed by atoms with Gasteiger partial charge in [0.1, 0.15) is 5.82 Å². The number of rotatable bonds is 2. The molecule has 23 heavy (non-hydrogen) atoms. The van der Waals surface area contributed by atoms with Gasteiger partial charge in [-0.15, -0.1) is 0 Å². The molecule has 2 aromatic heterocycles. The SMILES string of the molecule is CC1CC(O)CN1c1nc(-c2cccnc2)nc2ccccc12. The summed E-state index contributed by atoms with van der Waals surface area (Å²) in [7, 11) is 0. The third-order valence-corrected chi connectivity index (χ3v) is 4.33. The second-order valence-electron chi connectivity index (χ2n) is 6.02. The first kappa shape index (κ1) is 14.1. The molecule has 0 spiro atoms. The molecule has 0 aliphatic carbocycles. The van der Waals surface area contributed by atoms with E-state index in [1.807, 2.05) is 36.4 Å². The van der Waals surface area contributed by atoms with Crippen LogP contribution in [0.25, 0.3) is 22.3 Å². The standard InChI is InChI=1S/C18H18N4O/c1-12-9-14(23)11-22(12)18-15-6-2-3-7-16(15)20-17(21-18)13-5-4-8-19-10-13/h2-8,10,12,14,23H,9,11H2,1H3. The minimum absolute atomic E-state index is 0.255. The lowest BCUT2D eigenvalue weighted by Crippen LogP contribution is -2.28. The van der Waals surface area contributed by atoms with Crippen LogP contribution in [-0.2, 0) is 0 Å². The Morgan fingerprint density at radius 3 is 2.74 bits per heavy atom. The Kier molecular flexibility index (Phi) is 3.42. The van der Waals surface area contributed by atoms with Gasteiger partial charge in [0.25, 0.3) is 0 Å². The highest BCUT2D eigenvalue weighted by atomic mass is 16.3. The van der Waals surface area contributed by atoms with E-state index in [-0.39, 0.29) is 12.1 Å². The van der Waals surface area contributed by atoms with Crippen LogP contribution in [0.1, 0.15) is 13.3 Å². The highest BCUT2D eigenvalue weighted by Gasteiger charge is 2.30. The zero-order valence-electron chi connectivity index (χ0n) is 12.9. The number of aliphatic hydroxyl groups excluding tert-OH is 1. The van der Waals surface area contributed by atoms with Crippen molar-refractivity contribution in [1.29, 1.82) is 0 Å². The van der Waals surface area contributed by atoms with Crippen LogP contribution >= 0.6 is 0 Å². The maximum atomic E-state index is 9.99. The van der Waals surface area contributed by atoms with Crippen molar-refractivity contribution >= 4 is 16.7 Å². The molecule has 2 atom stereocenters.